The van der Waals surface area contributed by atoms with Gasteiger partial charge in [0.1, 0.15) is 6.54 Å². The number of esters is 1. The van der Waals surface area contributed by atoms with Gasteiger partial charge >= 0.3 is 5.97 Å². The molecule has 1 N–H and O–H groups in total. The van der Waals surface area contributed by atoms with Crippen LogP contribution in [0.2, 0.25) is 0 Å². The lowest BCUT2D eigenvalue weighted by Gasteiger charge is -2.06. The fraction of sp³-hybridized carbons (Fsp3) is 0.154. The predicted octanol–water partition coefficient (Wildman–Crippen LogP) is 1.29. The van der Waals surface area contributed by atoms with Crippen LogP contribution < -0.4 is 4.72 Å². The Bertz CT molecular complexity index is 709. The Morgan fingerprint density at radius 1 is 1.16 bits per heavy atom. The van der Waals surface area contributed by atoms with E-state index in [1.54, 1.807) is 12.1 Å². The van der Waals surface area contributed by atoms with Gasteiger partial charge in [-0.05, 0) is 22.9 Å². The van der Waals surface area contributed by atoms with Gasteiger partial charge in [0.15, 0.2) is 0 Å². The minimum absolute atomic E-state index is 0.120. The molecule has 0 bridgehead atoms. The summed E-state index contributed by atoms with van der Waals surface area (Å²) in [5.74, 6) is -0.635. The molecule has 0 saturated carbocycles. The van der Waals surface area contributed by atoms with E-state index < -0.39 is 16.0 Å². The van der Waals surface area contributed by atoms with E-state index >= 15 is 0 Å². The summed E-state index contributed by atoms with van der Waals surface area (Å²) in [7, 11) is -2.51. The number of sulfonamides is 1. The van der Waals surface area contributed by atoms with Crippen molar-refractivity contribution in [2.75, 3.05) is 13.7 Å². The largest absolute Gasteiger partial charge is 0.468 e. The minimum Gasteiger partial charge on any atom is -0.468 e. The van der Waals surface area contributed by atoms with Gasteiger partial charge in [-0.1, -0.05) is 30.3 Å². The standard InChI is InChI=1S/C13H13NO4S/c1-18-13(15)9-14-19(16,17)12-7-6-10-4-2-3-5-11(10)8-12/h2-8,14H,9H2,1H3. The molecule has 0 radical (unpaired) electrons. The maximum Gasteiger partial charge on any atom is 0.320 e. The number of benzene rings is 2. The molecule has 2 aromatic rings. The van der Waals surface area contributed by atoms with Crippen molar-refractivity contribution in [3.8, 4) is 0 Å². The Kier molecular flexibility index (Phi) is 3.82. The quantitative estimate of drug-likeness (QED) is 0.856. The molecule has 100 valence electrons. The van der Waals surface area contributed by atoms with Gasteiger partial charge in [-0.2, -0.15) is 4.72 Å². The fourth-order valence-corrected chi connectivity index (χ4v) is 2.65. The van der Waals surface area contributed by atoms with E-state index in [0.717, 1.165) is 10.8 Å². The third-order valence-electron chi connectivity index (χ3n) is 2.67. The summed E-state index contributed by atoms with van der Waals surface area (Å²) in [5.41, 5.74) is 0. The van der Waals surface area contributed by atoms with Gasteiger partial charge in [0.05, 0.1) is 12.0 Å². The summed E-state index contributed by atoms with van der Waals surface area (Å²) in [6.45, 7) is -0.383. The molecule has 5 nitrogen and oxygen atoms in total. The van der Waals surface area contributed by atoms with Gasteiger partial charge in [-0.25, -0.2) is 8.42 Å². The van der Waals surface area contributed by atoms with Gasteiger partial charge in [0.2, 0.25) is 10.0 Å². The summed E-state index contributed by atoms with van der Waals surface area (Å²) >= 11 is 0. The van der Waals surface area contributed by atoms with Gasteiger partial charge < -0.3 is 4.74 Å². The van der Waals surface area contributed by atoms with Crippen LogP contribution in [0.25, 0.3) is 10.8 Å². The minimum atomic E-state index is -3.71. The van der Waals surface area contributed by atoms with Crippen molar-refractivity contribution < 1.29 is 17.9 Å². The number of hydrogen-bond donors (Lipinski definition) is 1. The van der Waals surface area contributed by atoms with Crippen LogP contribution in [0.5, 0.6) is 0 Å². The average Bonchev–Trinajstić information content (AvgIpc) is 2.44. The summed E-state index contributed by atoms with van der Waals surface area (Å²) in [6, 6.07) is 12.2. The number of carbonyl (C=O) groups is 1. The Balaban J connectivity index is 2.30. The summed E-state index contributed by atoms with van der Waals surface area (Å²) in [4.78, 5) is 11.1. The van der Waals surface area contributed by atoms with Crippen LogP contribution >= 0.6 is 0 Å². The number of ether oxygens (including phenoxy) is 1. The van der Waals surface area contributed by atoms with Crippen LogP contribution in [0.15, 0.2) is 47.4 Å². The molecular weight excluding hydrogens is 266 g/mol. The van der Waals surface area contributed by atoms with Gasteiger partial charge in [-0.3, -0.25) is 4.79 Å². The second kappa shape index (κ2) is 5.38. The lowest BCUT2D eigenvalue weighted by Crippen LogP contribution is -2.30. The van der Waals surface area contributed by atoms with Crippen LogP contribution in [-0.4, -0.2) is 28.0 Å². The third kappa shape index (κ3) is 3.10. The smallest absolute Gasteiger partial charge is 0.320 e. The molecule has 0 unspecified atom stereocenters. The predicted molar refractivity (Wildman–Crippen MR) is 71.2 cm³/mol. The molecule has 2 aromatic carbocycles. The number of methoxy groups -OCH3 is 1. The Hall–Kier alpha value is -1.92. The fourth-order valence-electron chi connectivity index (χ4n) is 1.64. The van der Waals surface area contributed by atoms with Gasteiger partial charge in [0.25, 0.3) is 0 Å². The molecule has 19 heavy (non-hydrogen) atoms. The normalized spacial score (nSPS) is 11.4. The van der Waals surface area contributed by atoms with Crippen molar-refractivity contribution in [3.05, 3.63) is 42.5 Å². The Morgan fingerprint density at radius 3 is 2.53 bits per heavy atom. The van der Waals surface area contributed by atoms with E-state index in [1.165, 1.54) is 13.2 Å². The van der Waals surface area contributed by atoms with E-state index in [9.17, 15) is 13.2 Å². The molecule has 0 aliphatic rings. The topological polar surface area (TPSA) is 72.5 Å². The Morgan fingerprint density at radius 2 is 1.84 bits per heavy atom. The molecule has 0 amide bonds. The molecule has 0 aliphatic carbocycles. The number of nitrogens with one attached hydrogen (secondary N) is 1. The highest BCUT2D eigenvalue weighted by molar-refractivity contribution is 7.89. The first-order valence-corrected chi connectivity index (χ1v) is 7.06. The van der Waals surface area contributed by atoms with E-state index in [-0.39, 0.29) is 11.4 Å². The van der Waals surface area contributed by atoms with Crippen molar-refractivity contribution in [2.45, 2.75) is 4.90 Å². The molecule has 0 spiro atoms. The molecule has 0 fully saturated rings. The van der Waals surface area contributed by atoms with Crippen molar-refractivity contribution in [2.24, 2.45) is 0 Å². The first kappa shape index (κ1) is 13.5. The second-order valence-electron chi connectivity index (χ2n) is 3.91. The maximum absolute atomic E-state index is 12.0. The van der Waals surface area contributed by atoms with E-state index in [1.807, 2.05) is 24.3 Å². The molecule has 0 aliphatic heterocycles. The highest BCUT2D eigenvalue weighted by Crippen LogP contribution is 2.18. The Labute approximate surface area is 111 Å². The monoisotopic (exact) mass is 279 g/mol. The van der Waals surface area contributed by atoms with E-state index in [0.29, 0.717) is 0 Å². The number of carbonyl (C=O) groups excluding carboxylic acids is 1. The second-order valence-corrected chi connectivity index (χ2v) is 5.68. The first-order chi connectivity index (χ1) is 9.03. The zero-order chi connectivity index (χ0) is 13.9. The summed E-state index contributed by atoms with van der Waals surface area (Å²) < 4.78 is 30.5. The van der Waals surface area contributed by atoms with Crippen molar-refractivity contribution in [1.82, 2.24) is 4.72 Å². The molecular formula is C13H13NO4S. The molecule has 0 saturated heterocycles. The highest BCUT2D eigenvalue weighted by atomic mass is 32.2. The molecule has 0 heterocycles. The molecule has 6 heteroatoms. The maximum atomic E-state index is 12.0. The van der Waals surface area contributed by atoms with E-state index in [2.05, 4.69) is 9.46 Å². The average molecular weight is 279 g/mol. The number of fused-ring (bicyclic) bond motifs is 1. The van der Waals surface area contributed by atoms with Crippen LogP contribution in [0.4, 0.5) is 0 Å². The SMILES string of the molecule is COC(=O)CNS(=O)(=O)c1ccc2ccccc2c1. The van der Waals surface area contributed by atoms with Crippen LogP contribution in [0.3, 0.4) is 0 Å². The van der Waals surface area contributed by atoms with E-state index in [4.69, 9.17) is 0 Å². The van der Waals surface area contributed by atoms with Crippen molar-refractivity contribution >= 4 is 26.8 Å². The van der Waals surface area contributed by atoms with Crippen LogP contribution in [0.1, 0.15) is 0 Å². The third-order valence-corrected chi connectivity index (χ3v) is 4.06. The molecule has 2 rings (SSSR count). The lowest BCUT2D eigenvalue weighted by molar-refractivity contribution is -0.139. The van der Waals surface area contributed by atoms with Crippen molar-refractivity contribution in [1.29, 1.82) is 0 Å². The zero-order valence-corrected chi connectivity index (χ0v) is 11.1. The number of hydrogen-bond acceptors (Lipinski definition) is 4. The summed E-state index contributed by atoms with van der Waals surface area (Å²) in [6.07, 6.45) is 0. The van der Waals surface area contributed by atoms with Gasteiger partial charge in [0, 0.05) is 0 Å². The summed E-state index contributed by atoms with van der Waals surface area (Å²) in [5, 5.41) is 1.78. The first-order valence-electron chi connectivity index (χ1n) is 5.58. The molecule has 0 atom stereocenters. The zero-order valence-electron chi connectivity index (χ0n) is 10.3. The molecule has 0 aromatic heterocycles. The van der Waals surface area contributed by atoms with Crippen LogP contribution in [-0.2, 0) is 19.6 Å². The van der Waals surface area contributed by atoms with Crippen molar-refractivity contribution in [3.63, 3.8) is 0 Å². The highest BCUT2D eigenvalue weighted by Gasteiger charge is 2.15. The van der Waals surface area contributed by atoms with Crippen LogP contribution in [0, 0.1) is 0 Å². The van der Waals surface area contributed by atoms with Gasteiger partial charge in [-0.15, -0.1) is 0 Å². The number of rotatable bonds is 4. The lowest BCUT2D eigenvalue weighted by atomic mass is 10.1.